The summed E-state index contributed by atoms with van der Waals surface area (Å²) < 4.78 is 0. The Bertz CT molecular complexity index is 523. The predicted molar refractivity (Wildman–Crippen MR) is 84.0 cm³/mol. The van der Waals surface area contributed by atoms with Crippen LogP contribution in [0.5, 0.6) is 0 Å². The zero-order valence-corrected chi connectivity index (χ0v) is 13.3. The number of halogens is 2. The summed E-state index contributed by atoms with van der Waals surface area (Å²) in [5.41, 5.74) is 0.395. The molecule has 0 aliphatic heterocycles. The molecule has 1 aromatic carbocycles. The number of hydrogen-bond acceptors (Lipinski definition) is 3. The van der Waals surface area contributed by atoms with Gasteiger partial charge in [0.2, 0.25) is 5.91 Å². The van der Waals surface area contributed by atoms with Crippen molar-refractivity contribution >= 4 is 40.8 Å². The van der Waals surface area contributed by atoms with Gasteiger partial charge in [0, 0.05) is 5.02 Å². The van der Waals surface area contributed by atoms with Gasteiger partial charge in [-0.25, -0.2) is 0 Å². The number of anilines is 1. The molecular formula is C14H18Cl2N2O3. The first kappa shape index (κ1) is 17.8. The van der Waals surface area contributed by atoms with Gasteiger partial charge < -0.3 is 10.4 Å². The van der Waals surface area contributed by atoms with Gasteiger partial charge in [-0.05, 0) is 24.1 Å². The third kappa shape index (κ3) is 5.53. The molecule has 116 valence electrons. The van der Waals surface area contributed by atoms with Crippen LogP contribution in [0.2, 0.25) is 10.0 Å². The summed E-state index contributed by atoms with van der Waals surface area (Å²) in [6, 6.07) is 3.95. The summed E-state index contributed by atoms with van der Waals surface area (Å²) in [5.74, 6) is -1.43. The first-order valence-corrected chi connectivity index (χ1v) is 7.31. The molecule has 1 aromatic rings. The SMILES string of the molecule is CC[C@H](C)[C@H](NCC(=O)Nc1cc(Cl)ccc1Cl)C(=O)O. The highest BCUT2D eigenvalue weighted by Gasteiger charge is 2.23. The minimum absolute atomic E-state index is 0.0787. The number of amides is 1. The van der Waals surface area contributed by atoms with Gasteiger partial charge in [-0.1, -0.05) is 43.5 Å². The molecule has 0 aliphatic carbocycles. The Morgan fingerprint density at radius 1 is 1.33 bits per heavy atom. The molecule has 1 rings (SSSR count). The third-order valence-electron chi connectivity index (χ3n) is 3.16. The number of hydrogen-bond donors (Lipinski definition) is 3. The molecule has 0 aromatic heterocycles. The first-order valence-electron chi connectivity index (χ1n) is 6.56. The summed E-state index contributed by atoms with van der Waals surface area (Å²) in [5, 5.41) is 15.3. The lowest BCUT2D eigenvalue weighted by atomic mass is 9.99. The summed E-state index contributed by atoms with van der Waals surface area (Å²) in [6.07, 6.45) is 0.700. The number of rotatable bonds is 7. The van der Waals surface area contributed by atoms with E-state index < -0.39 is 12.0 Å². The van der Waals surface area contributed by atoms with E-state index >= 15 is 0 Å². The monoisotopic (exact) mass is 332 g/mol. The summed E-state index contributed by atoms with van der Waals surface area (Å²) in [4.78, 5) is 23.0. The highest BCUT2D eigenvalue weighted by molar-refractivity contribution is 6.35. The molecule has 0 aliphatic rings. The van der Waals surface area contributed by atoms with E-state index in [9.17, 15) is 9.59 Å². The molecule has 0 saturated carbocycles. The van der Waals surface area contributed by atoms with Crippen LogP contribution in [-0.4, -0.2) is 29.6 Å². The molecule has 0 radical (unpaired) electrons. The topological polar surface area (TPSA) is 78.4 Å². The number of carbonyl (C=O) groups excluding carboxylic acids is 1. The molecule has 0 unspecified atom stereocenters. The normalized spacial score (nSPS) is 13.5. The van der Waals surface area contributed by atoms with E-state index in [0.29, 0.717) is 22.2 Å². The fraction of sp³-hybridized carbons (Fsp3) is 0.429. The zero-order valence-electron chi connectivity index (χ0n) is 11.8. The maximum atomic E-state index is 11.8. The molecular weight excluding hydrogens is 315 g/mol. The van der Waals surface area contributed by atoms with Crippen molar-refractivity contribution in [2.24, 2.45) is 5.92 Å². The van der Waals surface area contributed by atoms with Gasteiger partial charge in [0.1, 0.15) is 6.04 Å². The second-order valence-electron chi connectivity index (χ2n) is 4.75. The van der Waals surface area contributed by atoms with Crippen LogP contribution in [0.3, 0.4) is 0 Å². The molecule has 21 heavy (non-hydrogen) atoms. The van der Waals surface area contributed by atoms with Gasteiger partial charge >= 0.3 is 5.97 Å². The molecule has 0 heterocycles. The highest BCUT2D eigenvalue weighted by Crippen LogP contribution is 2.25. The number of carboxylic acid groups (broad SMARTS) is 1. The van der Waals surface area contributed by atoms with Crippen LogP contribution in [0.1, 0.15) is 20.3 Å². The predicted octanol–water partition coefficient (Wildman–Crippen LogP) is 3.02. The van der Waals surface area contributed by atoms with E-state index in [0.717, 1.165) is 0 Å². The van der Waals surface area contributed by atoms with Crippen LogP contribution in [0, 0.1) is 5.92 Å². The number of benzene rings is 1. The lowest BCUT2D eigenvalue weighted by molar-refractivity contribution is -0.140. The number of carbonyl (C=O) groups is 2. The van der Waals surface area contributed by atoms with Gasteiger partial charge in [0.05, 0.1) is 17.3 Å². The smallest absolute Gasteiger partial charge is 0.320 e. The van der Waals surface area contributed by atoms with Gasteiger partial charge in [0.25, 0.3) is 0 Å². The van der Waals surface area contributed by atoms with Crippen molar-refractivity contribution < 1.29 is 14.7 Å². The molecule has 7 heteroatoms. The number of carboxylic acids is 1. The molecule has 3 N–H and O–H groups in total. The summed E-state index contributed by atoms with van der Waals surface area (Å²) >= 11 is 11.8. The molecule has 0 saturated heterocycles. The first-order chi connectivity index (χ1) is 9.85. The van der Waals surface area contributed by atoms with Crippen LogP contribution < -0.4 is 10.6 Å². The van der Waals surface area contributed by atoms with E-state index in [2.05, 4.69) is 10.6 Å². The Morgan fingerprint density at radius 2 is 2.00 bits per heavy atom. The minimum Gasteiger partial charge on any atom is -0.480 e. The van der Waals surface area contributed by atoms with E-state index in [4.69, 9.17) is 28.3 Å². The summed E-state index contributed by atoms with van der Waals surface area (Å²) in [7, 11) is 0. The average Bonchev–Trinajstić information content (AvgIpc) is 2.42. The fourth-order valence-electron chi connectivity index (χ4n) is 1.76. The van der Waals surface area contributed by atoms with Gasteiger partial charge in [-0.2, -0.15) is 0 Å². The van der Waals surface area contributed by atoms with E-state index in [1.54, 1.807) is 12.1 Å². The van der Waals surface area contributed by atoms with E-state index in [1.807, 2.05) is 13.8 Å². The van der Waals surface area contributed by atoms with Crippen molar-refractivity contribution in [1.82, 2.24) is 5.32 Å². The van der Waals surface area contributed by atoms with Crippen LogP contribution >= 0.6 is 23.2 Å². The number of aliphatic carboxylic acids is 1. The van der Waals surface area contributed by atoms with Crippen molar-refractivity contribution in [1.29, 1.82) is 0 Å². The molecule has 0 fully saturated rings. The van der Waals surface area contributed by atoms with Crippen LogP contribution in [0.25, 0.3) is 0 Å². The minimum atomic E-state index is -0.974. The summed E-state index contributed by atoms with van der Waals surface area (Å²) in [6.45, 7) is 3.59. The van der Waals surface area contributed by atoms with Crippen LogP contribution in [0.15, 0.2) is 18.2 Å². The van der Waals surface area contributed by atoms with Crippen molar-refractivity contribution in [2.75, 3.05) is 11.9 Å². The lowest BCUT2D eigenvalue weighted by Gasteiger charge is -2.20. The second-order valence-corrected chi connectivity index (χ2v) is 5.60. The van der Waals surface area contributed by atoms with Gasteiger partial charge in [0.15, 0.2) is 0 Å². The molecule has 5 nitrogen and oxygen atoms in total. The highest BCUT2D eigenvalue weighted by atomic mass is 35.5. The third-order valence-corrected chi connectivity index (χ3v) is 3.73. The maximum Gasteiger partial charge on any atom is 0.320 e. The Labute approximate surface area is 133 Å². The molecule has 2 atom stereocenters. The Kier molecular flexibility index (Phi) is 6.95. The average molecular weight is 333 g/mol. The largest absolute Gasteiger partial charge is 0.480 e. The quantitative estimate of drug-likeness (QED) is 0.717. The van der Waals surface area contributed by atoms with Crippen LogP contribution in [0.4, 0.5) is 5.69 Å². The molecule has 0 spiro atoms. The zero-order chi connectivity index (χ0) is 16.0. The molecule has 0 bridgehead atoms. The standard InChI is InChI=1S/C14H18Cl2N2O3/c1-3-8(2)13(14(20)21)17-7-12(19)18-11-6-9(15)4-5-10(11)16/h4-6,8,13,17H,3,7H2,1-2H3,(H,18,19)(H,20,21)/t8-,13-/m0/s1. The fourth-order valence-corrected chi connectivity index (χ4v) is 2.09. The van der Waals surface area contributed by atoms with Crippen molar-refractivity contribution in [3.63, 3.8) is 0 Å². The van der Waals surface area contributed by atoms with E-state index in [-0.39, 0.29) is 18.4 Å². The Balaban J connectivity index is 2.61. The van der Waals surface area contributed by atoms with E-state index in [1.165, 1.54) is 6.07 Å². The Hall–Kier alpha value is -1.30. The number of nitrogens with one attached hydrogen (secondary N) is 2. The van der Waals surface area contributed by atoms with Gasteiger partial charge in [-0.3, -0.25) is 14.9 Å². The van der Waals surface area contributed by atoms with Gasteiger partial charge in [-0.15, -0.1) is 0 Å². The Morgan fingerprint density at radius 3 is 2.57 bits per heavy atom. The maximum absolute atomic E-state index is 11.8. The van der Waals surface area contributed by atoms with Crippen molar-refractivity contribution in [3.05, 3.63) is 28.2 Å². The van der Waals surface area contributed by atoms with Crippen LogP contribution in [-0.2, 0) is 9.59 Å². The molecule has 1 amide bonds. The second kappa shape index (κ2) is 8.22. The van der Waals surface area contributed by atoms with Crippen molar-refractivity contribution in [2.45, 2.75) is 26.3 Å². The van der Waals surface area contributed by atoms with Crippen molar-refractivity contribution in [3.8, 4) is 0 Å². The lowest BCUT2D eigenvalue weighted by Crippen LogP contribution is -2.45.